The lowest BCUT2D eigenvalue weighted by atomic mass is 9.51. The fraction of sp³-hybridized carbons (Fsp3) is 0.474. The molecule has 1 N–H and O–H groups in total. The van der Waals surface area contributed by atoms with Crippen molar-refractivity contribution in [3.8, 4) is 18.2 Å². The summed E-state index contributed by atoms with van der Waals surface area (Å²) in [5, 5.41) is 38.7. The predicted octanol–water partition coefficient (Wildman–Crippen LogP) is 3.96. The van der Waals surface area contributed by atoms with Crippen molar-refractivity contribution in [2.75, 3.05) is 0 Å². The molecule has 6 nitrogen and oxygen atoms in total. The highest BCUT2D eigenvalue weighted by Gasteiger charge is 2.80. The van der Waals surface area contributed by atoms with Gasteiger partial charge in [-0.3, -0.25) is 5.41 Å². The maximum Gasteiger partial charge on any atom is 0.217 e. The van der Waals surface area contributed by atoms with Gasteiger partial charge in [-0.1, -0.05) is 34.5 Å². The number of hydrogen-bond donors (Lipinski definition) is 1. The molecular weight excluding hydrogens is 396 g/mol. The van der Waals surface area contributed by atoms with Crippen LogP contribution in [0.15, 0.2) is 28.7 Å². The predicted molar refractivity (Wildman–Crippen MR) is 93.2 cm³/mol. The van der Waals surface area contributed by atoms with Gasteiger partial charge in [-0.15, -0.1) is 0 Å². The van der Waals surface area contributed by atoms with Crippen molar-refractivity contribution >= 4 is 21.8 Å². The van der Waals surface area contributed by atoms with Crippen molar-refractivity contribution in [3.05, 3.63) is 34.3 Å². The molecule has 1 aromatic carbocycles. The van der Waals surface area contributed by atoms with Gasteiger partial charge in [0, 0.05) is 10.9 Å². The normalized spacial score (nSPS) is 36.8. The topological polar surface area (TPSA) is 114 Å². The first-order valence-corrected chi connectivity index (χ1v) is 9.24. The number of nitrogens with one attached hydrogen (secondary N) is 1. The van der Waals surface area contributed by atoms with Crippen LogP contribution < -0.4 is 0 Å². The molecular formula is C19H15BrN4O2. The van der Waals surface area contributed by atoms with E-state index in [2.05, 4.69) is 34.1 Å². The minimum atomic E-state index is -1.85. The molecule has 1 aromatic rings. The van der Waals surface area contributed by atoms with E-state index in [9.17, 15) is 15.8 Å². The van der Waals surface area contributed by atoms with E-state index < -0.39 is 28.6 Å². The Balaban J connectivity index is 1.99. The summed E-state index contributed by atoms with van der Waals surface area (Å²) in [5.74, 6) is -1.91. The second-order valence-corrected chi connectivity index (χ2v) is 7.96. The SMILES string of the molecule is N#CC1(C#N)[C@H](c2ccc(Br)cc2)O[C@@]23CCCC[C@@H]2[C@@]1(C#N)C(=N)O3. The largest absolute Gasteiger partial charge is 0.447 e. The summed E-state index contributed by atoms with van der Waals surface area (Å²) >= 11 is 3.37. The van der Waals surface area contributed by atoms with Crippen LogP contribution in [0.1, 0.15) is 37.4 Å². The first-order valence-electron chi connectivity index (χ1n) is 8.45. The second kappa shape index (κ2) is 5.55. The van der Waals surface area contributed by atoms with Crippen LogP contribution in [-0.2, 0) is 9.47 Å². The second-order valence-electron chi connectivity index (χ2n) is 7.04. The average Bonchev–Trinajstić information content (AvgIpc) is 2.87. The number of benzene rings is 1. The monoisotopic (exact) mass is 410 g/mol. The van der Waals surface area contributed by atoms with Gasteiger partial charge in [0.2, 0.25) is 17.1 Å². The van der Waals surface area contributed by atoms with E-state index in [1.54, 1.807) is 24.3 Å². The first-order chi connectivity index (χ1) is 12.5. The van der Waals surface area contributed by atoms with E-state index in [4.69, 9.17) is 14.9 Å². The third-order valence-electron chi connectivity index (χ3n) is 5.99. The zero-order chi connectivity index (χ0) is 18.6. The summed E-state index contributed by atoms with van der Waals surface area (Å²) in [6.45, 7) is 0. The van der Waals surface area contributed by atoms with Crippen LogP contribution in [0.5, 0.6) is 0 Å². The molecule has 2 bridgehead atoms. The molecule has 3 aliphatic rings. The summed E-state index contributed by atoms with van der Waals surface area (Å²) in [4.78, 5) is 0. The van der Waals surface area contributed by atoms with E-state index >= 15 is 0 Å². The van der Waals surface area contributed by atoms with Gasteiger partial charge in [0.1, 0.15) is 6.10 Å². The number of nitrogens with zero attached hydrogens (tertiary/aromatic N) is 3. The van der Waals surface area contributed by atoms with E-state index in [0.29, 0.717) is 18.4 Å². The summed E-state index contributed by atoms with van der Waals surface area (Å²) < 4.78 is 13.0. The van der Waals surface area contributed by atoms with Gasteiger partial charge in [-0.2, -0.15) is 15.8 Å². The van der Waals surface area contributed by atoms with Crippen molar-refractivity contribution in [3.63, 3.8) is 0 Å². The molecule has 0 spiro atoms. The lowest BCUT2D eigenvalue weighted by molar-refractivity contribution is -0.294. The lowest BCUT2D eigenvalue weighted by Gasteiger charge is -2.51. The molecule has 130 valence electrons. The van der Waals surface area contributed by atoms with E-state index in [0.717, 1.165) is 17.3 Å². The number of ether oxygens (including phenoxy) is 2. The molecule has 0 amide bonds. The number of nitriles is 3. The molecule has 26 heavy (non-hydrogen) atoms. The van der Waals surface area contributed by atoms with Gasteiger partial charge in [0.15, 0.2) is 5.41 Å². The third kappa shape index (κ3) is 1.79. The molecule has 0 radical (unpaired) electrons. The number of hydrogen-bond acceptors (Lipinski definition) is 6. The van der Waals surface area contributed by atoms with Gasteiger partial charge in [0.05, 0.1) is 24.1 Å². The molecule has 2 heterocycles. The molecule has 0 unspecified atom stereocenters. The average molecular weight is 411 g/mol. The smallest absolute Gasteiger partial charge is 0.217 e. The van der Waals surface area contributed by atoms with Crippen molar-refractivity contribution in [1.82, 2.24) is 0 Å². The highest BCUT2D eigenvalue weighted by molar-refractivity contribution is 9.10. The highest BCUT2D eigenvalue weighted by Crippen LogP contribution is 2.69. The number of halogens is 1. The Morgan fingerprint density at radius 2 is 1.77 bits per heavy atom. The van der Waals surface area contributed by atoms with Crippen LogP contribution in [0.4, 0.5) is 0 Å². The Bertz CT molecular complexity index is 895. The van der Waals surface area contributed by atoms with Crippen LogP contribution in [0.2, 0.25) is 0 Å². The van der Waals surface area contributed by atoms with Gasteiger partial charge in [0.25, 0.3) is 0 Å². The third-order valence-corrected chi connectivity index (χ3v) is 6.52. The minimum Gasteiger partial charge on any atom is -0.447 e. The van der Waals surface area contributed by atoms with Crippen LogP contribution in [0, 0.1) is 56.2 Å². The Hall–Kier alpha value is -2.40. The van der Waals surface area contributed by atoms with Crippen LogP contribution >= 0.6 is 15.9 Å². The quantitative estimate of drug-likeness (QED) is 0.752. The van der Waals surface area contributed by atoms with Gasteiger partial charge in [-0.25, -0.2) is 0 Å². The van der Waals surface area contributed by atoms with E-state index in [1.807, 2.05) is 0 Å². The molecule has 7 heteroatoms. The van der Waals surface area contributed by atoms with E-state index in [-0.39, 0.29) is 5.90 Å². The molecule has 4 rings (SSSR count). The van der Waals surface area contributed by atoms with Crippen molar-refractivity contribution < 1.29 is 9.47 Å². The Morgan fingerprint density at radius 3 is 2.38 bits per heavy atom. The first kappa shape index (κ1) is 17.0. The number of rotatable bonds is 1. The maximum atomic E-state index is 10.1. The molecule has 2 saturated heterocycles. The Labute approximate surface area is 159 Å². The molecule has 1 aliphatic carbocycles. The molecule has 3 fully saturated rings. The summed E-state index contributed by atoms with van der Waals surface area (Å²) in [7, 11) is 0. The lowest BCUT2D eigenvalue weighted by Crippen LogP contribution is -2.60. The summed E-state index contributed by atoms with van der Waals surface area (Å²) in [6.07, 6.45) is 1.87. The van der Waals surface area contributed by atoms with Crippen LogP contribution in [0.25, 0.3) is 0 Å². The van der Waals surface area contributed by atoms with Crippen molar-refractivity contribution in [2.45, 2.75) is 37.6 Å². The standard InChI is InChI=1S/C19H15BrN4O2/c20-13-6-4-12(5-7-13)15-17(9-21,10-22)18(11-23)14-3-1-2-8-19(14,25-15)26-16(18)24/h4-7,14-15,24H,1-3,8H2/t14-,15+,18+,19-/m1/s1. The van der Waals surface area contributed by atoms with E-state index in [1.165, 1.54) is 0 Å². The Kier molecular flexibility index (Phi) is 3.63. The van der Waals surface area contributed by atoms with Gasteiger partial charge < -0.3 is 9.47 Å². The minimum absolute atomic E-state index is 0.311. The van der Waals surface area contributed by atoms with Crippen LogP contribution in [0.3, 0.4) is 0 Å². The molecule has 1 saturated carbocycles. The highest BCUT2D eigenvalue weighted by atomic mass is 79.9. The molecule has 2 aliphatic heterocycles. The van der Waals surface area contributed by atoms with Crippen LogP contribution in [-0.4, -0.2) is 11.7 Å². The Morgan fingerprint density at radius 1 is 1.08 bits per heavy atom. The molecule has 4 atom stereocenters. The molecule has 0 aromatic heterocycles. The maximum absolute atomic E-state index is 10.1. The van der Waals surface area contributed by atoms with Crippen molar-refractivity contribution in [1.29, 1.82) is 21.2 Å². The zero-order valence-electron chi connectivity index (χ0n) is 13.8. The zero-order valence-corrected chi connectivity index (χ0v) is 15.4. The summed E-state index contributed by atoms with van der Waals surface area (Å²) in [6, 6.07) is 13.5. The van der Waals surface area contributed by atoms with Gasteiger partial charge in [-0.05, 0) is 30.5 Å². The fourth-order valence-corrected chi connectivity index (χ4v) is 5.06. The summed E-state index contributed by atoms with van der Waals surface area (Å²) in [5.41, 5.74) is -2.86. The van der Waals surface area contributed by atoms with Gasteiger partial charge >= 0.3 is 0 Å². The van der Waals surface area contributed by atoms with Crippen molar-refractivity contribution in [2.24, 2.45) is 16.7 Å². The fourth-order valence-electron chi connectivity index (χ4n) is 4.80.